The Labute approximate surface area is 165 Å². The molecule has 0 aliphatic carbocycles. The molecule has 3 aromatic heterocycles. The van der Waals surface area contributed by atoms with E-state index in [1.807, 2.05) is 42.6 Å². The van der Waals surface area contributed by atoms with Crippen molar-refractivity contribution in [2.75, 3.05) is 18.0 Å². The molecule has 1 aliphatic heterocycles. The summed E-state index contributed by atoms with van der Waals surface area (Å²) in [5.41, 5.74) is 9.13. The number of rotatable bonds is 3. The third-order valence-corrected chi connectivity index (χ3v) is 4.58. The fourth-order valence-electron chi connectivity index (χ4n) is 3.42. The third-order valence-electron chi connectivity index (χ3n) is 4.58. The number of ether oxygens (including phenoxy) is 1. The van der Waals surface area contributed by atoms with Gasteiger partial charge < -0.3 is 15.4 Å². The Bertz CT molecular complexity index is 925. The summed E-state index contributed by atoms with van der Waals surface area (Å²) in [4.78, 5) is 16.2. The predicted octanol–water partition coefficient (Wildman–Crippen LogP) is 3.19. The minimum atomic E-state index is 0. The van der Waals surface area contributed by atoms with Crippen molar-refractivity contribution in [3.05, 3.63) is 48.3 Å². The maximum absolute atomic E-state index is 5.82. The summed E-state index contributed by atoms with van der Waals surface area (Å²) >= 11 is 0. The number of hydrogen-bond donors (Lipinski definition) is 1. The van der Waals surface area contributed by atoms with Gasteiger partial charge in [0.1, 0.15) is 5.82 Å². The van der Waals surface area contributed by atoms with Crippen LogP contribution in [0.2, 0.25) is 0 Å². The molecule has 2 atom stereocenters. The summed E-state index contributed by atoms with van der Waals surface area (Å²) in [6.45, 7) is 6.29. The highest BCUT2D eigenvalue weighted by atomic mass is 35.5. The van der Waals surface area contributed by atoms with Crippen LogP contribution < -0.4 is 10.6 Å². The molecule has 0 bridgehead atoms. The summed E-state index contributed by atoms with van der Waals surface area (Å²) < 4.78 is 5.82. The molecule has 0 aromatic carbocycles. The first-order chi connectivity index (χ1) is 12.6. The molecule has 1 saturated heterocycles. The fourth-order valence-corrected chi connectivity index (χ4v) is 3.42. The molecule has 27 heavy (non-hydrogen) atoms. The molecule has 0 saturated carbocycles. The number of nitrogens with two attached hydrogens (primary N) is 1. The fraction of sp³-hybridized carbons (Fsp3) is 0.350. The SMILES string of the molecule is CC1CN(c2cccc(-c3ccc4cnc(CN)cc4n3)n2)CC(C)O1.Cl. The molecule has 0 spiro atoms. The minimum Gasteiger partial charge on any atom is -0.372 e. The Hall–Kier alpha value is -2.28. The van der Waals surface area contributed by atoms with Crippen LogP contribution in [0.15, 0.2) is 42.6 Å². The van der Waals surface area contributed by atoms with E-state index in [1.165, 1.54) is 0 Å². The highest BCUT2D eigenvalue weighted by molar-refractivity contribution is 5.85. The predicted molar refractivity (Wildman–Crippen MR) is 110 cm³/mol. The summed E-state index contributed by atoms with van der Waals surface area (Å²) in [5, 5.41) is 0.998. The van der Waals surface area contributed by atoms with Crippen molar-refractivity contribution in [1.29, 1.82) is 0 Å². The Kier molecular flexibility index (Phi) is 5.89. The van der Waals surface area contributed by atoms with E-state index in [4.69, 9.17) is 20.4 Å². The molecule has 4 rings (SSSR count). The van der Waals surface area contributed by atoms with E-state index >= 15 is 0 Å². The Balaban J connectivity index is 0.00000210. The van der Waals surface area contributed by atoms with Crippen LogP contribution >= 0.6 is 12.4 Å². The van der Waals surface area contributed by atoms with Crippen molar-refractivity contribution in [3.63, 3.8) is 0 Å². The average molecular weight is 386 g/mol. The van der Waals surface area contributed by atoms with E-state index in [0.717, 1.165) is 46.9 Å². The first kappa shape index (κ1) is 19.5. The summed E-state index contributed by atoms with van der Waals surface area (Å²) in [6, 6.07) is 12.0. The maximum atomic E-state index is 5.82. The van der Waals surface area contributed by atoms with E-state index in [0.29, 0.717) is 6.54 Å². The van der Waals surface area contributed by atoms with Crippen LogP contribution in [-0.4, -0.2) is 40.2 Å². The van der Waals surface area contributed by atoms with Crippen molar-refractivity contribution < 1.29 is 4.74 Å². The number of anilines is 1. The lowest BCUT2D eigenvalue weighted by atomic mass is 10.2. The van der Waals surface area contributed by atoms with Gasteiger partial charge in [-0.15, -0.1) is 12.4 Å². The Morgan fingerprint density at radius 2 is 1.81 bits per heavy atom. The van der Waals surface area contributed by atoms with Gasteiger partial charge in [-0.3, -0.25) is 4.98 Å². The molecular formula is C20H24ClN5O. The van der Waals surface area contributed by atoms with Crippen LogP contribution in [0.3, 0.4) is 0 Å². The molecule has 142 valence electrons. The number of halogens is 1. The molecule has 0 radical (unpaired) electrons. The molecule has 2 unspecified atom stereocenters. The number of nitrogens with zero attached hydrogens (tertiary/aromatic N) is 4. The van der Waals surface area contributed by atoms with Crippen LogP contribution in [0.5, 0.6) is 0 Å². The van der Waals surface area contributed by atoms with Gasteiger partial charge in [-0.25, -0.2) is 9.97 Å². The second-order valence-electron chi connectivity index (χ2n) is 6.81. The van der Waals surface area contributed by atoms with Crippen LogP contribution in [0, 0.1) is 0 Å². The molecule has 3 aromatic rings. The monoisotopic (exact) mass is 385 g/mol. The topological polar surface area (TPSA) is 77.2 Å². The lowest BCUT2D eigenvalue weighted by molar-refractivity contribution is -0.00545. The lowest BCUT2D eigenvalue weighted by Crippen LogP contribution is -2.45. The first-order valence-electron chi connectivity index (χ1n) is 8.96. The summed E-state index contributed by atoms with van der Waals surface area (Å²) in [7, 11) is 0. The molecular weight excluding hydrogens is 362 g/mol. The number of hydrogen-bond acceptors (Lipinski definition) is 6. The van der Waals surface area contributed by atoms with Gasteiger partial charge >= 0.3 is 0 Å². The summed E-state index contributed by atoms with van der Waals surface area (Å²) in [6.07, 6.45) is 2.21. The van der Waals surface area contributed by atoms with E-state index in [2.05, 4.69) is 23.7 Å². The van der Waals surface area contributed by atoms with E-state index in [1.54, 1.807) is 0 Å². The van der Waals surface area contributed by atoms with E-state index in [9.17, 15) is 0 Å². The second kappa shape index (κ2) is 8.17. The highest BCUT2D eigenvalue weighted by Gasteiger charge is 2.23. The maximum Gasteiger partial charge on any atom is 0.129 e. The zero-order chi connectivity index (χ0) is 18.1. The molecule has 1 aliphatic rings. The molecule has 6 nitrogen and oxygen atoms in total. The lowest BCUT2D eigenvalue weighted by Gasteiger charge is -2.36. The number of fused-ring (bicyclic) bond motifs is 1. The average Bonchev–Trinajstić information content (AvgIpc) is 2.66. The largest absolute Gasteiger partial charge is 0.372 e. The number of aromatic nitrogens is 3. The summed E-state index contributed by atoms with van der Waals surface area (Å²) in [5.74, 6) is 0.962. The van der Waals surface area contributed by atoms with Crippen molar-refractivity contribution in [1.82, 2.24) is 15.0 Å². The molecule has 1 fully saturated rings. The van der Waals surface area contributed by atoms with E-state index < -0.39 is 0 Å². The van der Waals surface area contributed by atoms with Gasteiger partial charge in [0.15, 0.2) is 0 Å². The zero-order valence-corrected chi connectivity index (χ0v) is 16.3. The van der Waals surface area contributed by atoms with Gasteiger partial charge in [0.2, 0.25) is 0 Å². The molecule has 2 N–H and O–H groups in total. The smallest absolute Gasteiger partial charge is 0.129 e. The van der Waals surface area contributed by atoms with Gasteiger partial charge in [-0.05, 0) is 44.2 Å². The second-order valence-corrected chi connectivity index (χ2v) is 6.81. The van der Waals surface area contributed by atoms with Gasteiger partial charge in [0.05, 0.1) is 34.8 Å². The van der Waals surface area contributed by atoms with Crippen LogP contribution in [0.25, 0.3) is 22.3 Å². The quantitative estimate of drug-likeness (QED) is 0.746. The standard InChI is InChI=1S/C20H23N5O.ClH/c1-13-11-25(12-14(2)26-13)20-5-3-4-17(24-20)18-7-6-15-10-22-16(9-21)8-19(15)23-18;/h3-8,10,13-14H,9,11-12,21H2,1-2H3;1H. The zero-order valence-electron chi connectivity index (χ0n) is 15.5. The minimum absolute atomic E-state index is 0. The molecule has 7 heteroatoms. The van der Waals surface area contributed by atoms with Crippen molar-refractivity contribution >= 4 is 29.1 Å². The van der Waals surface area contributed by atoms with Crippen molar-refractivity contribution in [2.24, 2.45) is 5.73 Å². The highest BCUT2D eigenvalue weighted by Crippen LogP contribution is 2.24. The Morgan fingerprint density at radius 1 is 1.07 bits per heavy atom. The van der Waals surface area contributed by atoms with Crippen molar-refractivity contribution in [2.45, 2.75) is 32.6 Å². The van der Waals surface area contributed by atoms with E-state index in [-0.39, 0.29) is 24.6 Å². The van der Waals surface area contributed by atoms with Crippen LogP contribution in [0.1, 0.15) is 19.5 Å². The number of pyridine rings is 3. The Morgan fingerprint density at radius 3 is 2.56 bits per heavy atom. The van der Waals surface area contributed by atoms with Crippen molar-refractivity contribution in [3.8, 4) is 11.4 Å². The molecule has 0 amide bonds. The first-order valence-corrected chi connectivity index (χ1v) is 8.96. The van der Waals surface area contributed by atoms with Crippen LogP contribution in [0.4, 0.5) is 5.82 Å². The van der Waals surface area contributed by atoms with Gasteiger partial charge in [-0.1, -0.05) is 6.07 Å². The normalized spacial score (nSPS) is 19.7. The van der Waals surface area contributed by atoms with Gasteiger partial charge in [0, 0.05) is 31.2 Å². The van der Waals surface area contributed by atoms with Crippen LogP contribution in [-0.2, 0) is 11.3 Å². The third kappa shape index (κ3) is 4.18. The van der Waals surface area contributed by atoms with Gasteiger partial charge in [-0.2, -0.15) is 0 Å². The van der Waals surface area contributed by atoms with Gasteiger partial charge in [0.25, 0.3) is 0 Å². The molecule has 4 heterocycles. The number of morpholine rings is 1.